The minimum atomic E-state index is -0.727. The van der Waals surface area contributed by atoms with Gasteiger partial charge in [0.05, 0.1) is 6.04 Å². The first-order valence-electron chi connectivity index (χ1n) is 17.8. The van der Waals surface area contributed by atoms with Crippen molar-refractivity contribution in [1.82, 2.24) is 20.1 Å². The lowest BCUT2D eigenvalue weighted by Gasteiger charge is -2.35. The molecule has 10 heteroatoms. The van der Waals surface area contributed by atoms with E-state index in [2.05, 4.69) is 48.1 Å². The molecule has 1 saturated heterocycles. The summed E-state index contributed by atoms with van der Waals surface area (Å²) >= 11 is 1.28. The van der Waals surface area contributed by atoms with Crippen LogP contribution in [0.4, 0.5) is 0 Å². The average molecular weight is 683 g/mol. The van der Waals surface area contributed by atoms with Gasteiger partial charge in [-0.2, -0.15) is 0 Å². The van der Waals surface area contributed by atoms with Gasteiger partial charge in [-0.1, -0.05) is 77.8 Å². The minimum absolute atomic E-state index is 0.0398. The summed E-state index contributed by atoms with van der Waals surface area (Å²) in [5, 5.41) is 5.41. The highest BCUT2D eigenvalue weighted by molar-refractivity contribution is 7.09. The SMILES string of the molecule is CCCC[C@H](CC(=O)[C@H]1CCCN1C)C(=O)N(C)[C@H](C[C@@H](OC(C)=O)c1nc(C(=O)N[C@@H](Cc2ccccc2)CC(C)C)cs1)C(C)C. The van der Waals surface area contributed by atoms with E-state index < -0.39 is 18.0 Å². The van der Waals surface area contributed by atoms with E-state index in [1.807, 2.05) is 39.1 Å². The van der Waals surface area contributed by atoms with Crippen LogP contribution < -0.4 is 5.32 Å². The monoisotopic (exact) mass is 682 g/mol. The van der Waals surface area contributed by atoms with E-state index in [0.717, 1.165) is 50.6 Å². The maximum absolute atomic E-state index is 14.1. The highest BCUT2D eigenvalue weighted by atomic mass is 32.1. The van der Waals surface area contributed by atoms with Crippen molar-refractivity contribution in [3.8, 4) is 0 Å². The van der Waals surface area contributed by atoms with Gasteiger partial charge in [0.1, 0.15) is 10.7 Å². The van der Waals surface area contributed by atoms with Gasteiger partial charge >= 0.3 is 5.97 Å². The predicted molar refractivity (Wildman–Crippen MR) is 192 cm³/mol. The van der Waals surface area contributed by atoms with Gasteiger partial charge < -0.3 is 15.0 Å². The zero-order valence-electron chi connectivity index (χ0n) is 30.4. The van der Waals surface area contributed by atoms with E-state index in [9.17, 15) is 19.2 Å². The van der Waals surface area contributed by atoms with Crippen LogP contribution in [0.2, 0.25) is 0 Å². The lowest BCUT2D eigenvalue weighted by atomic mass is 9.89. The predicted octanol–water partition coefficient (Wildman–Crippen LogP) is 6.87. The number of ketones is 1. The summed E-state index contributed by atoms with van der Waals surface area (Å²) in [6, 6.07) is 9.66. The molecular formula is C38H58N4O5S. The van der Waals surface area contributed by atoms with E-state index in [-0.39, 0.29) is 53.8 Å². The van der Waals surface area contributed by atoms with Crippen molar-refractivity contribution in [2.24, 2.45) is 17.8 Å². The molecule has 2 heterocycles. The molecule has 0 saturated carbocycles. The normalized spacial score (nSPS) is 17.6. The van der Waals surface area contributed by atoms with Gasteiger partial charge in [-0.05, 0) is 63.1 Å². The number of carbonyl (C=O) groups is 4. The fourth-order valence-corrected chi connectivity index (χ4v) is 7.71. The third-order valence-electron chi connectivity index (χ3n) is 9.42. The smallest absolute Gasteiger partial charge is 0.303 e. The van der Waals surface area contributed by atoms with Gasteiger partial charge in [0, 0.05) is 50.2 Å². The molecule has 0 bridgehead atoms. The van der Waals surface area contributed by atoms with Crippen molar-refractivity contribution in [1.29, 1.82) is 0 Å². The Morgan fingerprint density at radius 2 is 1.81 bits per heavy atom. The largest absolute Gasteiger partial charge is 0.455 e. The number of benzene rings is 1. The Morgan fingerprint density at radius 3 is 2.40 bits per heavy atom. The summed E-state index contributed by atoms with van der Waals surface area (Å²) in [6.45, 7) is 12.7. The van der Waals surface area contributed by atoms with Crippen molar-refractivity contribution >= 4 is 34.9 Å². The number of unbranched alkanes of at least 4 members (excludes halogenated alkanes) is 1. The third kappa shape index (κ3) is 11.8. The molecule has 1 aromatic carbocycles. The molecular weight excluding hydrogens is 625 g/mol. The zero-order valence-corrected chi connectivity index (χ0v) is 31.2. The summed E-state index contributed by atoms with van der Waals surface area (Å²) in [5.41, 5.74) is 1.44. The van der Waals surface area contributed by atoms with Gasteiger partial charge in [0.2, 0.25) is 5.91 Å². The van der Waals surface area contributed by atoms with Gasteiger partial charge in [-0.15, -0.1) is 11.3 Å². The number of nitrogens with one attached hydrogen (secondary N) is 1. The Kier molecular flexibility index (Phi) is 15.7. The van der Waals surface area contributed by atoms with Crippen LogP contribution in [0, 0.1) is 17.8 Å². The number of ether oxygens (including phenoxy) is 1. The molecule has 2 aromatic rings. The number of thiazole rings is 1. The van der Waals surface area contributed by atoms with Crippen LogP contribution in [0.3, 0.4) is 0 Å². The highest BCUT2D eigenvalue weighted by Gasteiger charge is 2.36. The number of carbonyl (C=O) groups excluding carboxylic acids is 4. The molecule has 0 aliphatic carbocycles. The summed E-state index contributed by atoms with van der Waals surface area (Å²) in [4.78, 5) is 61.6. The molecule has 2 amide bonds. The van der Waals surface area contributed by atoms with Crippen LogP contribution >= 0.6 is 11.3 Å². The van der Waals surface area contributed by atoms with E-state index in [1.165, 1.54) is 18.3 Å². The number of amides is 2. The number of hydrogen-bond donors (Lipinski definition) is 1. The first-order chi connectivity index (χ1) is 22.8. The minimum Gasteiger partial charge on any atom is -0.455 e. The standard InChI is InChI=1S/C38H58N4O5S/c1-9-10-17-29(22-34(44)32-18-14-19-41(32)7)38(46)42(8)33(26(4)5)23-35(47-27(6)43)37-40-31(24-48-37)36(45)39-30(20-25(2)3)21-28-15-12-11-13-16-28/h11-13,15-16,24-26,29-30,32-33,35H,9-10,14,17-23H2,1-8H3,(H,39,45)/t29-,30-,32-,33-,35-/m1/s1. The number of likely N-dealkylation sites (N-methyl/N-ethyl adjacent to an activating group) is 1. The van der Waals surface area contributed by atoms with Crippen molar-refractivity contribution < 1.29 is 23.9 Å². The summed E-state index contributed by atoms with van der Waals surface area (Å²) in [7, 11) is 3.78. The number of esters is 1. The number of likely N-dealkylation sites (tertiary alicyclic amines) is 1. The Labute approximate surface area is 292 Å². The second-order valence-corrected chi connectivity index (χ2v) is 15.2. The number of Topliss-reactive ketones (excluding diaryl/α,β-unsaturated/α-hetero) is 1. The maximum atomic E-state index is 14.1. The first kappa shape index (κ1) is 39.3. The Hall–Kier alpha value is -3.11. The number of hydrogen-bond acceptors (Lipinski definition) is 8. The zero-order chi connectivity index (χ0) is 35.4. The van der Waals surface area contributed by atoms with Crippen LogP contribution in [0.15, 0.2) is 35.7 Å². The molecule has 1 aliphatic rings. The summed E-state index contributed by atoms with van der Waals surface area (Å²) in [6.07, 6.45) is 5.70. The van der Waals surface area contributed by atoms with Crippen molar-refractivity contribution in [2.75, 3.05) is 20.6 Å². The summed E-state index contributed by atoms with van der Waals surface area (Å²) in [5.74, 6) is -0.576. The van der Waals surface area contributed by atoms with E-state index in [1.54, 1.807) is 17.3 Å². The van der Waals surface area contributed by atoms with Crippen LogP contribution in [-0.2, 0) is 25.5 Å². The molecule has 48 heavy (non-hydrogen) atoms. The quantitative estimate of drug-likeness (QED) is 0.161. The topological polar surface area (TPSA) is 109 Å². The number of aromatic nitrogens is 1. The molecule has 9 nitrogen and oxygen atoms in total. The Bertz CT molecular complexity index is 1330. The third-order valence-corrected chi connectivity index (χ3v) is 10.4. The van der Waals surface area contributed by atoms with Gasteiger partial charge in [0.15, 0.2) is 11.9 Å². The maximum Gasteiger partial charge on any atom is 0.303 e. The van der Waals surface area contributed by atoms with Crippen LogP contribution in [0.25, 0.3) is 0 Å². The van der Waals surface area contributed by atoms with Gasteiger partial charge in [0.25, 0.3) is 5.91 Å². The molecule has 1 aliphatic heterocycles. The Balaban J connectivity index is 1.77. The first-order valence-corrected chi connectivity index (χ1v) is 18.7. The van der Waals surface area contributed by atoms with E-state index in [4.69, 9.17) is 4.74 Å². The fraction of sp³-hybridized carbons (Fsp3) is 0.658. The van der Waals surface area contributed by atoms with Crippen LogP contribution in [-0.4, -0.2) is 77.1 Å². The Morgan fingerprint density at radius 1 is 1.10 bits per heavy atom. The molecule has 266 valence electrons. The molecule has 5 atom stereocenters. The van der Waals surface area contributed by atoms with E-state index >= 15 is 0 Å². The lowest BCUT2D eigenvalue weighted by molar-refractivity contribution is -0.149. The van der Waals surface area contributed by atoms with Crippen molar-refractivity contribution in [3.63, 3.8) is 0 Å². The van der Waals surface area contributed by atoms with Crippen LogP contribution in [0.5, 0.6) is 0 Å². The second kappa shape index (κ2) is 19.2. The average Bonchev–Trinajstić information content (AvgIpc) is 3.70. The summed E-state index contributed by atoms with van der Waals surface area (Å²) < 4.78 is 5.80. The van der Waals surface area contributed by atoms with E-state index in [0.29, 0.717) is 23.8 Å². The number of nitrogens with zero attached hydrogens (tertiary/aromatic N) is 3. The van der Waals surface area contributed by atoms with Crippen LogP contribution in [0.1, 0.15) is 120 Å². The van der Waals surface area contributed by atoms with Gasteiger partial charge in [-0.25, -0.2) is 4.98 Å². The molecule has 0 unspecified atom stereocenters. The molecule has 1 N–H and O–H groups in total. The number of rotatable bonds is 19. The molecule has 1 fully saturated rings. The highest BCUT2D eigenvalue weighted by Crippen LogP contribution is 2.32. The second-order valence-electron chi connectivity index (χ2n) is 14.3. The fourth-order valence-electron chi connectivity index (χ4n) is 6.87. The van der Waals surface area contributed by atoms with Gasteiger partial charge in [-0.3, -0.25) is 24.1 Å². The lowest BCUT2D eigenvalue weighted by Crippen LogP contribution is -2.45. The van der Waals surface area contributed by atoms with Crippen molar-refractivity contribution in [2.45, 2.75) is 124 Å². The molecule has 3 rings (SSSR count). The molecule has 1 aromatic heterocycles. The molecule has 0 spiro atoms. The van der Waals surface area contributed by atoms with Crippen molar-refractivity contribution in [3.05, 3.63) is 52.0 Å². The molecule has 0 radical (unpaired) electrons.